The summed E-state index contributed by atoms with van der Waals surface area (Å²) in [4.78, 5) is 0. The molecular weight excluding hydrogens is 291 g/mol. The fourth-order valence-electron chi connectivity index (χ4n) is 2.06. The van der Waals surface area contributed by atoms with E-state index in [9.17, 15) is 9.50 Å². The van der Waals surface area contributed by atoms with E-state index in [1.165, 1.54) is 6.07 Å². The fraction of sp³-hybridized carbons (Fsp3) is 0.294. The third-order valence-corrected chi connectivity index (χ3v) is 3.58. The maximum atomic E-state index is 13.4. The van der Waals surface area contributed by atoms with Crippen LogP contribution in [0.4, 0.5) is 4.39 Å². The van der Waals surface area contributed by atoms with E-state index in [0.29, 0.717) is 12.2 Å². The molecule has 0 fully saturated rings. The van der Waals surface area contributed by atoms with Gasteiger partial charge in [-0.1, -0.05) is 42.8 Å². The predicted octanol–water partition coefficient (Wildman–Crippen LogP) is 4.54. The van der Waals surface area contributed by atoms with Gasteiger partial charge in [-0.25, -0.2) is 4.39 Å². The van der Waals surface area contributed by atoms with Gasteiger partial charge < -0.3 is 9.84 Å². The molecule has 1 N–H and O–H groups in total. The number of hydrogen-bond donors (Lipinski definition) is 1. The van der Waals surface area contributed by atoms with E-state index in [0.717, 1.165) is 17.7 Å². The molecule has 2 rings (SSSR count). The molecule has 0 aromatic heterocycles. The van der Waals surface area contributed by atoms with E-state index in [1.807, 2.05) is 25.1 Å². The number of rotatable bonds is 6. The topological polar surface area (TPSA) is 29.5 Å². The van der Waals surface area contributed by atoms with Crippen molar-refractivity contribution in [2.45, 2.75) is 25.9 Å². The first-order valence-corrected chi connectivity index (χ1v) is 7.33. The van der Waals surface area contributed by atoms with E-state index in [1.54, 1.807) is 18.2 Å². The van der Waals surface area contributed by atoms with Crippen LogP contribution in [0.25, 0.3) is 0 Å². The lowest BCUT2D eigenvalue weighted by Crippen LogP contribution is -2.04. The Hall–Kier alpha value is -1.58. The first-order valence-electron chi connectivity index (χ1n) is 6.95. The molecule has 0 saturated carbocycles. The Bertz CT molecular complexity index is 601. The van der Waals surface area contributed by atoms with Crippen LogP contribution in [0.5, 0.6) is 5.75 Å². The molecule has 4 heteroatoms. The SMILES string of the molecule is CCCOc1cccc(C(O)Cc2cccc(F)c2Cl)c1. The summed E-state index contributed by atoms with van der Waals surface area (Å²) in [7, 11) is 0. The summed E-state index contributed by atoms with van der Waals surface area (Å²) in [6.07, 6.45) is 0.425. The second-order valence-corrected chi connectivity index (χ2v) is 5.23. The number of aliphatic hydroxyl groups is 1. The maximum absolute atomic E-state index is 13.4. The van der Waals surface area contributed by atoms with E-state index in [-0.39, 0.29) is 11.4 Å². The number of ether oxygens (including phenoxy) is 1. The summed E-state index contributed by atoms with van der Waals surface area (Å²) in [5, 5.41) is 10.4. The molecule has 0 aliphatic rings. The van der Waals surface area contributed by atoms with Gasteiger partial charge in [-0.3, -0.25) is 0 Å². The summed E-state index contributed by atoms with van der Waals surface area (Å²) >= 11 is 5.91. The quantitative estimate of drug-likeness (QED) is 0.848. The minimum Gasteiger partial charge on any atom is -0.494 e. The first-order chi connectivity index (χ1) is 10.1. The number of halogens is 2. The summed E-state index contributed by atoms with van der Waals surface area (Å²) in [6, 6.07) is 11.9. The monoisotopic (exact) mass is 308 g/mol. The van der Waals surface area contributed by atoms with Gasteiger partial charge in [0.25, 0.3) is 0 Å². The zero-order valence-electron chi connectivity index (χ0n) is 11.9. The van der Waals surface area contributed by atoms with Crippen molar-refractivity contribution in [3.8, 4) is 5.75 Å². The molecule has 21 heavy (non-hydrogen) atoms. The molecule has 2 aromatic carbocycles. The highest BCUT2D eigenvalue weighted by molar-refractivity contribution is 6.31. The third-order valence-electron chi connectivity index (χ3n) is 3.16. The van der Waals surface area contributed by atoms with Gasteiger partial charge in [0.1, 0.15) is 11.6 Å². The van der Waals surface area contributed by atoms with Crippen molar-refractivity contribution in [1.82, 2.24) is 0 Å². The lowest BCUT2D eigenvalue weighted by molar-refractivity contribution is 0.177. The van der Waals surface area contributed by atoms with Crippen molar-refractivity contribution in [3.63, 3.8) is 0 Å². The van der Waals surface area contributed by atoms with Gasteiger partial charge in [0.2, 0.25) is 0 Å². The van der Waals surface area contributed by atoms with Crippen LogP contribution in [0.15, 0.2) is 42.5 Å². The highest BCUT2D eigenvalue weighted by Crippen LogP contribution is 2.27. The molecule has 1 unspecified atom stereocenters. The molecule has 0 aliphatic carbocycles. The van der Waals surface area contributed by atoms with Gasteiger partial charge in [-0.05, 0) is 35.7 Å². The zero-order chi connectivity index (χ0) is 15.2. The van der Waals surface area contributed by atoms with Crippen LogP contribution in [-0.2, 0) is 6.42 Å². The molecule has 0 bridgehead atoms. The van der Waals surface area contributed by atoms with Crippen LogP contribution in [0.3, 0.4) is 0 Å². The standard InChI is InChI=1S/C17H18ClFO2/c1-2-9-21-14-7-3-5-12(10-14)16(20)11-13-6-4-8-15(19)17(13)18/h3-8,10,16,20H,2,9,11H2,1H3. The van der Waals surface area contributed by atoms with Crippen molar-refractivity contribution in [2.75, 3.05) is 6.61 Å². The van der Waals surface area contributed by atoms with Gasteiger partial charge in [0.05, 0.1) is 17.7 Å². The van der Waals surface area contributed by atoms with Crippen LogP contribution >= 0.6 is 11.6 Å². The van der Waals surface area contributed by atoms with E-state index in [4.69, 9.17) is 16.3 Å². The predicted molar refractivity (Wildman–Crippen MR) is 82.3 cm³/mol. The molecule has 0 radical (unpaired) electrons. The molecule has 0 saturated heterocycles. The Morgan fingerprint density at radius 1 is 1.24 bits per heavy atom. The second-order valence-electron chi connectivity index (χ2n) is 4.85. The van der Waals surface area contributed by atoms with E-state index in [2.05, 4.69) is 0 Å². The molecule has 2 nitrogen and oxygen atoms in total. The summed E-state index contributed by atoms with van der Waals surface area (Å²) < 4.78 is 18.9. The average molecular weight is 309 g/mol. The molecule has 0 spiro atoms. The van der Waals surface area contributed by atoms with Gasteiger partial charge in [-0.15, -0.1) is 0 Å². The van der Waals surface area contributed by atoms with Crippen LogP contribution < -0.4 is 4.74 Å². The minimum atomic E-state index is -0.755. The lowest BCUT2D eigenvalue weighted by atomic mass is 10.0. The highest BCUT2D eigenvalue weighted by atomic mass is 35.5. The Morgan fingerprint density at radius 3 is 2.76 bits per heavy atom. The van der Waals surface area contributed by atoms with Crippen molar-refractivity contribution >= 4 is 11.6 Å². The van der Waals surface area contributed by atoms with Crippen molar-refractivity contribution in [1.29, 1.82) is 0 Å². The first kappa shape index (κ1) is 15.8. The Kier molecular flexibility index (Phi) is 5.59. The maximum Gasteiger partial charge on any atom is 0.142 e. The molecule has 0 heterocycles. The van der Waals surface area contributed by atoms with Crippen LogP contribution in [0.1, 0.15) is 30.6 Å². The smallest absolute Gasteiger partial charge is 0.142 e. The molecule has 2 aromatic rings. The van der Waals surface area contributed by atoms with E-state index < -0.39 is 11.9 Å². The third kappa shape index (κ3) is 4.19. The number of benzene rings is 2. The molecule has 0 aliphatic heterocycles. The van der Waals surface area contributed by atoms with E-state index >= 15 is 0 Å². The van der Waals surface area contributed by atoms with Crippen LogP contribution in [-0.4, -0.2) is 11.7 Å². The van der Waals surface area contributed by atoms with Crippen molar-refractivity contribution in [2.24, 2.45) is 0 Å². The van der Waals surface area contributed by atoms with Gasteiger partial charge in [0, 0.05) is 6.42 Å². The number of aliphatic hydroxyl groups excluding tert-OH is 1. The summed E-state index contributed by atoms with van der Waals surface area (Å²) in [5.74, 6) is 0.250. The normalized spacial score (nSPS) is 12.2. The molecule has 1 atom stereocenters. The second kappa shape index (κ2) is 7.43. The van der Waals surface area contributed by atoms with Gasteiger partial charge in [-0.2, -0.15) is 0 Å². The Balaban J connectivity index is 2.12. The summed E-state index contributed by atoms with van der Waals surface area (Å²) in [5.41, 5.74) is 1.31. The molecule has 112 valence electrons. The number of hydrogen-bond acceptors (Lipinski definition) is 2. The van der Waals surface area contributed by atoms with Crippen molar-refractivity contribution < 1.29 is 14.2 Å². The molecular formula is C17H18ClFO2. The van der Waals surface area contributed by atoms with Crippen molar-refractivity contribution in [3.05, 3.63) is 64.4 Å². The average Bonchev–Trinajstić information content (AvgIpc) is 2.50. The van der Waals surface area contributed by atoms with Crippen LogP contribution in [0, 0.1) is 5.82 Å². The van der Waals surface area contributed by atoms with Gasteiger partial charge >= 0.3 is 0 Å². The summed E-state index contributed by atoms with van der Waals surface area (Å²) in [6.45, 7) is 2.67. The highest BCUT2D eigenvalue weighted by Gasteiger charge is 2.13. The lowest BCUT2D eigenvalue weighted by Gasteiger charge is -2.14. The largest absolute Gasteiger partial charge is 0.494 e. The Labute approximate surface area is 129 Å². The zero-order valence-corrected chi connectivity index (χ0v) is 12.6. The van der Waals surface area contributed by atoms with Gasteiger partial charge in [0.15, 0.2) is 0 Å². The molecule has 0 amide bonds. The Morgan fingerprint density at radius 2 is 2.00 bits per heavy atom. The fourth-order valence-corrected chi connectivity index (χ4v) is 2.27. The minimum absolute atomic E-state index is 0.0648. The van der Waals surface area contributed by atoms with Crippen LogP contribution in [0.2, 0.25) is 5.02 Å².